The highest BCUT2D eigenvalue weighted by atomic mass is 19.4. The Bertz CT molecular complexity index is 877. The number of hydrogen-bond acceptors (Lipinski definition) is 5. The van der Waals surface area contributed by atoms with Crippen LogP contribution in [0.3, 0.4) is 0 Å². The lowest BCUT2D eigenvalue weighted by molar-refractivity contribution is -0.137. The fourth-order valence-corrected chi connectivity index (χ4v) is 4.33. The summed E-state index contributed by atoms with van der Waals surface area (Å²) in [5, 5.41) is 18.9. The summed E-state index contributed by atoms with van der Waals surface area (Å²) in [6, 6.07) is 4.04. The first-order valence-electron chi connectivity index (χ1n) is 9.47. The second kappa shape index (κ2) is 6.92. The van der Waals surface area contributed by atoms with Gasteiger partial charge in [0.15, 0.2) is 5.82 Å². The number of anilines is 1. The molecule has 0 unspecified atom stereocenters. The second-order valence-corrected chi connectivity index (χ2v) is 7.77. The van der Waals surface area contributed by atoms with E-state index in [0.717, 1.165) is 62.4 Å². The van der Waals surface area contributed by atoms with Crippen LogP contribution >= 0.6 is 0 Å². The maximum atomic E-state index is 13.0. The van der Waals surface area contributed by atoms with E-state index in [9.17, 15) is 18.3 Å². The van der Waals surface area contributed by atoms with Crippen molar-refractivity contribution >= 4 is 5.82 Å². The van der Waals surface area contributed by atoms with Crippen LogP contribution in [0, 0.1) is 6.92 Å². The van der Waals surface area contributed by atoms with E-state index in [4.69, 9.17) is 0 Å². The molecule has 0 saturated carbocycles. The van der Waals surface area contributed by atoms with Crippen LogP contribution in [-0.2, 0) is 12.6 Å². The molecule has 0 aliphatic carbocycles. The molecule has 1 N–H and O–H groups in total. The van der Waals surface area contributed by atoms with Crippen LogP contribution in [0.1, 0.15) is 29.5 Å². The number of fused-ring (bicyclic) bond motifs is 1. The number of alkyl halides is 3. The van der Waals surface area contributed by atoms with E-state index in [1.165, 1.54) is 0 Å². The summed E-state index contributed by atoms with van der Waals surface area (Å²) >= 11 is 0. The number of piperidine rings is 1. The number of likely N-dealkylation sites (N-methyl/N-ethyl adjacent to an activating group) is 1. The van der Waals surface area contributed by atoms with Crippen molar-refractivity contribution in [2.24, 2.45) is 0 Å². The summed E-state index contributed by atoms with van der Waals surface area (Å²) in [6.07, 6.45) is -1.42. The van der Waals surface area contributed by atoms with E-state index in [0.29, 0.717) is 22.9 Å². The molecule has 1 saturated heterocycles. The summed E-state index contributed by atoms with van der Waals surface area (Å²) in [6.45, 7) is 4.50. The van der Waals surface area contributed by atoms with Gasteiger partial charge in [0.25, 0.3) is 0 Å². The lowest BCUT2D eigenvalue weighted by Gasteiger charge is -2.36. The average molecular weight is 392 g/mol. The molecule has 3 heterocycles. The predicted molar refractivity (Wildman–Crippen MR) is 100 cm³/mol. The number of aryl methyl sites for hydroxylation is 1. The Morgan fingerprint density at radius 1 is 1.14 bits per heavy atom. The molecule has 2 aliphatic rings. The average Bonchev–Trinajstić information content (AvgIpc) is 3.03. The van der Waals surface area contributed by atoms with E-state index in [1.807, 2.05) is 6.07 Å². The Balaban J connectivity index is 1.66. The van der Waals surface area contributed by atoms with Gasteiger partial charge < -0.3 is 14.9 Å². The third-order valence-electron chi connectivity index (χ3n) is 5.68. The molecule has 1 atom stereocenters. The SMILES string of the molecule is Cc1cc(C(F)(F)F)cc(O)c1-c1cc2c(nn1)N([C@@H]1CCCN(C)C1)CC2. The number of phenols is 1. The highest BCUT2D eigenvalue weighted by Crippen LogP contribution is 2.40. The predicted octanol–water partition coefficient (Wildman–Crippen LogP) is 3.63. The van der Waals surface area contributed by atoms with Gasteiger partial charge in [0.1, 0.15) is 5.75 Å². The zero-order valence-electron chi connectivity index (χ0n) is 15.9. The van der Waals surface area contributed by atoms with Gasteiger partial charge in [-0.1, -0.05) is 0 Å². The number of rotatable bonds is 2. The molecule has 1 fully saturated rings. The number of likely N-dealkylation sites (tertiary alicyclic amines) is 1. The summed E-state index contributed by atoms with van der Waals surface area (Å²) in [5.41, 5.74) is 1.19. The van der Waals surface area contributed by atoms with Crippen molar-refractivity contribution in [1.29, 1.82) is 0 Å². The zero-order valence-corrected chi connectivity index (χ0v) is 15.9. The summed E-state index contributed by atoms with van der Waals surface area (Å²) in [4.78, 5) is 4.61. The van der Waals surface area contributed by atoms with Gasteiger partial charge in [-0.05, 0) is 63.5 Å². The molecule has 0 spiro atoms. The van der Waals surface area contributed by atoms with Crippen molar-refractivity contribution in [3.63, 3.8) is 0 Å². The fourth-order valence-electron chi connectivity index (χ4n) is 4.33. The topological polar surface area (TPSA) is 52.5 Å². The lowest BCUT2D eigenvalue weighted by atomic mass is 9.99. The maximum Gasteiger partial charge on any atom is 0.416 e. The van der Waals surface area contributed by atoms with Crippen molar-refractivity contribution in [2.45, 2.75) is 38.4 Å². The van der Waals surface area contributed by atoms with Gasteiger partial charge in [-0.3, -0.25) is 0 Å². The molecule has 5 nitrogen and oxygen atoms in total. The van der Waals surface area contributed by atoms with Gasteiger partial charge in [0, 0.05) is 30.3 Å². The quantitative estimate of drug-likeness (QED) is 0.846. The number of nitrogens with zero attached hydrogens (tertiary/aromatic N) is 4. The Labute approximate surface area is 161 Å². The molecule has 4 rings (SSSR count). The Morgan fingerprint density at radius 2 is 1.93 bits per heavy atom. The monoisotopic (exact) mass is 392 g/mol. The molecule has 0 radical (unpaired) electrons. The van der Waals surface area contributed by atoms with E-state index < -0.39 is 17.5 Å². The molecule has 1 aromatic carbocycles. The molecule has 150 valence electrons. The molecule has 1 aromatic heterocycles. The smallest absolute Gasteiger partial charge is 0.416 e. The van der Waals surface area contributed by atoms with Crippen LogP contribution in [0.2, 0.25) is 0 Å². The molecule has 0 bridgehead atoms. The van der Waals surface area contributed by atoms with Crippen LogP contribution in [0.25, 0.3) is 11.3 Å². The van der Waals surface area contributed by atoms with E-state index in [-0.39, 0.29) is 0 Å². The summed E-state index contributed by atoms with van der Waals surface area (Å²) in [7, 11) is 2.12. The van der Waals surface area contributed by atoms with Crippen molar-refractivity contribution in [2.75, 3.05) is 31.6 Å². The molecule has 2 aromatic rings. The Kier molecular flexibility index (Phi) is 4.69. The van der Waals surface area contributed by atoms with Crippen molar-refractivity contribution in [3.05, 3.63) is 34.9 Å². The Morgan fingerprint density at radius 3 is 2.61 bits per heavy atom. The van der Waals surface area contributed by atoms with Crippen LogP contribution in [0.15, 0.2) is 18.2 Å². The van der Waals surface area contributed by atoms with Crippen molar-refractivity contribution < 1.29 is 18.3 Å². The van der Waals surface area contributed by atoms with Crippen LogP contribution in [0.5, 0.6) is 5.75 Å². The number of phenolic OH excluding ortho intramolecular Hbond substituents is 1. The number of halogens is 3. The number of aromatic hydroxyl groups is 1. The van der Waals surface area contributed by atoms with E-state index in [1.54, 1.807) is 6.92 Å². The zero-order chi connectivity index (χ0) is 20.1. The summed E-state index contributed by atoms with van der Waals surface area (Å²) in [5.74, 6) is 0.429. The normalized spacial score (nSPS) is 20.5. The molecular formula is C20H23F3N4O. The number of aromatic nitrogens is 2. The summed E-state index contributed by atoms with van der Waals surface area (Å²) < 4.78 is 38.9. The largest absolute Gasteiger partial charge is 0.507 e. The number of hydrogen-bond donors (Lipinski definition) is 1. The third kappa shape index (κ3) is 3.41. The van der Waals surface area contributed by atoms with Crippen LogP contribution < -0.4 is 4.90 Å². The van der Waals surface area contributed by atoms with Gasteiger partial charge in [0.2, 0.25) is 0 Å². The minimum Gasteiger partial charge on any atom is -0.507 e. The lowest BCUT2D eigenvalue weighted by Crippen LogP contribution is -2.46. The minimum atomic E-state index is -4.50. The van der Waals surface area contributed by atoms with E-state index >= 15 is 0 Å². The first-order valence-corrected chi connectivity index (χ1v) is 9.47. The van der Waals surface area contributed by atoms with Gasteiger partial charge in [-0.2, -0.15) is 13.2 Å². The fraction of sp³-hybridized carbons (Fsp3) is 0.500. The van der Waals surface area contributed by atoms with Gasteiger partial charge in [0.05, 0.1) is 11.3 Å². The van der Waals surface area contributed by atoms with Crippen molar-refractivity contribution in [1.82, 2.24) is 15.1 Å². The number of benzene rings is 1. The van der Waals surface area contributed by atoms with Gasteiger partial charge >= 0.3 is 6.18 Å². The maximum absolute atomic E-state index is 13.0. The molecule has 28 heavy (non-hydrogen) atoms. The van der Waals surface area contributed by atoms with Gasteiger partial charge in [-0.25, -0.2) is 0 Å². The Hall–Kier alpha value is -2.35. The van der Waals surface area contributed by atoms with Crippen LogP contribution in [-0.4, -0.2) is 52.9 Å². The standard InChI is InChI=1S/C20H23F3N4O/c1-12-8-14(20(21,22)23)10-17(28)18(12)16-9-13-5-7-27(19(13)25-24-16)15-4-3-6-26(2)11-15/h8-10,15,28H,3-7,11H2,1-2H3/t15-/m1/s1. The highest BCUT2D eigenvalue weighted by molar-refractivity contribution is 5.73. The molecule has 0 amide bonds. The van der Waals surface area contributed by atoms with Gasteiger partial charge in [-0.15, -0.1) is 10.2 Å². The third-order valence-corrected chi connectivity index (χ3v) is 5.68. The molecule has 2 aliphatic heterocycles. The van der Waals surface area contributed by atoms with Crippen molar-refractivity contribution in [3.8, 4) is 17.0 Å². The molecule has 8 heteroatoms. The van der Waals surface area contributed by atoms with Crippen LogP contribution in [0.4, 0.5) is 19.0 Å². The highest BCUT2D eigenvalue weighted by Gasteiger charge is 2.33. The van der Waals surface area contributed by atoms with E-state index in [2.05, 4.69) is 27.0 Å². The first-order chi connectivity index (χ1) is 13.2. The first kappa shape index (κ1) is 19.0. The minimum absolute atomic E-state index is 0.305. The second-order valence-electron chi connectivity index (χ2n) is 7.77. The molecular weight excluding hydrogens is 369 g/mol.